The largest absolute Gasteiger partial charge is 0.238 e. The Kier molecular flexibility index (Phi) is 3.21. The standard InChI is InChI=1S/C11H12ClN3S/c1-4-8-6(2)13-11(15-10(8)12)9-5-16-7(3)14-9/h5H,4H2,1-3H3. The van der Waals surface area contributed by atoms with E-state index in [2.05, 4.69) is 15.0 Å². The Bertz CT molecular complexity index is 499. The summed E-state index contributed by atoms with van der Waals surface area (Å²) >= 11 is 7.70. The number of nitrogens with zero attached hydrogens (tertiary/aromatic N) is 3. The third-order valence-electron chi connectivity index (χ3n) is 2.37. The molecule has 0 radical (unpaired) electrons. The van der Waals surface area contributed by atoms with E-state index in [1.165, 1.54) is 0 Å². The van der Waals surface area contributed by atoms with Crippen LogP contribution < -0.4 is 0 Å². The molecule has 0 atom stereocenters. The molecular weight excluding hydrogens is 242 g/mol. The zero-order valence-corrected chi connectivity index (χ0v) is 11.0. The van der Waals surface area contributed by atoms with Gasteiger partial charge < -0.3 is 0 Å². The molecule has 0 fully saturated rings. The van der Waals surface area contributed by atoms with Crippen molar-refractivity contribution in [1.82, 2.24) is 15.0 Å². The smallest absolute Gasteiger partial charge is 0.180 e. The molecule has 0 N–H and O–H groups in total. The Labute approximate surface area is 104 Å². The average molecular weight is 254 g/mol. The minimum Gasteiger partial charge on any atom is -0.238 e. The highest BCUT2D eigenvalue weighted by molar-refractivity contribution is 7.09. The topological polar surface area (TPSA) is 38.7 Å². The summed E-state index contributed by atoms with van der Waals surface area (Å²) in [7, 11) is 0. The molecule has 0 saturated carbocycles. The van der Waals surface area contributed by atoms with Crippen molar-refractivity contribution in [3.05, 3.63) is 26.8 Å². The lowest BCUT2D eigenvalue weighted by Gasteiger charge is -2.05. The molecule has 0 aliphatic rings. The maximum atomic E-state index is 6.12. The van der Waals surface area contributed by atoms with E-state index >= 15 is 0 Å². The average Bonchev–Trinajstić information content (AvgIpc) is 2.64. The van der Waals surface area contributed by atoms with Crippen LogP contribution in [0, 0.1) is 13.8 Å². The van der Waals surface area contributed by atoms with E-state index in [1.807, 2.05) is 26.2 Å². The van der Waals surface area contributed by atoms with Crippen LogP contribution in [-0.2, 0) is 6.42 Å². The summed E-state index contributed by atoms with van der Waals surface area (Å²) in [5.74, 6) is 0.615. The van der Waals surface area contributed by atoms with E-state index in [9.17, 15) is 0 Å². The molecule has 0 saturated heterocycles. The van der Waals surface area contributed by atoms with Gasteiger partial charge in [-0.05, 0) is 20.3 Å². The third-order valence-corrected chi connectivity index (χ3v) is 3.45. The number of hydrogen-bond donors (Lipinski definition) is 0. The summed E-state index contributed by atoms with van der Waals surface area (Å²) < 4.78 is 0. The number of aromatic nitrogens is 3. The Morgan fingerprint density at radius 1 is 1.25 bits per heavy atom. The highest BCUT2D eigenvalue weighted by atomic mass is 35.5. The van der Waals surface area contributed by atoms with Crippen molar-refractivity contribution >= 4 is 22.9 Å². The number of rotatable bonds is 2. The molecule has 2 rings (SSSR count). The molecule has 0 spiro atoms. The fourth-order valence-corrected chi connectivity index (χ4v) is 2.49. The second-order valence-electron chi connectivity index (χ2n) is 3.51. The van der Waals surface area contributed by atoms with E-state index in [1.54, 1.807) is 11.3 Å². The molecule has 0 aromatic carbocycles. The van der Waals surface area contributed by atoms with Gasteiger partial charge in [-0.25, -0.2) is 15.0 Å². The minimum atomic E-state index is 0.538. The van der Waals surface area contributed by atoms with Crippen LogP contribution in [0.5, 0.6) is 0 Å². The van der Waals surface area contributed by atoms with Crippen molar-refractivity contribution in [3.63, 3.8) is 0 Å². The molecule has 2 aromatic rings. The zero-order valence-electron chi connectivity index (χ0n) is 9.41. The molecule has 16 heavy (non-hydrogen) atoms. The van der Waals surface area contributed by atoms with Crippen molar-refractivity contribution in [3.8, 4) is 11.5 Å². The Morgan fingerprint density at radius 2 is 2.00 bits per heavy atom. The van der Waals surface area contributed by atoms with Gasteiger partial charge in [0.15, 0.2) is 5.82 Å². The number of thiazole rings is 1. The first-order valence-corrected chi connectivity index (χ1v) is 6.33. The summed E-state index contributed by atoms with van der Waals surface area (Å²) in [5, 5.41) is 3.49. The first kappa shape index (κ1) is 11.5. The lowest BCUT2D eigenvalue weighted by Crippen LogP contribution is -1.99. The van der Waals surface area contributed by atoms with E-state index in [-0.39, 0.29) is 0 Å². The summed E-state index contributed by atoms with van der Waals surface area (Å²) in [4.78, 5) is 13.1. The van der Waals surface area contributed by atoms with Crippen LogP contribution in [0.1, 0.15) is 23.2 Å². The van der Waals surface area contributed by atoms with Gasteiger partial charge in [-0.2, -0.15) is 0 Å². The Morgan fingerprint density at radius 3 is 2.50 bits per heavy atom. The van der Waals surface area contributed by atoms with Crippen molar-refractivity contribution in [2.45, 2.75) is 27.2 Å². The molecule has 0 amide bonds. The number of halogens is 1. The fourth-order valence-electron chi connectivity index (χ4n) is 1.54. The molecule has 3 nitrogen and oxygen atoms in total. The van der Waals surface area contributed by atoms with Crippen molar-refractivity contribution < 1.29 is 0 Å². The molecule has 2 aromatic heterocycles. The van der Waals surface area contributed by atoms with Gasteiger partial charge in [-0.15, -0.1) is 11.3 Å². The molecule has 0 aliphatic heterocycles. The maximum Gasteiger partial charge on any atom is 0.180 e. The van der Waals surface area contributed by atoms with E-state index < -0.39 is 0 Å². The monoisotopic (exact) mass is 253 g/mol. The van der Waals surface area contributed by atoms with Gasteiger partial charge in [0.25, 0.3) is 0 Å². The summed E-state index contributed by atoms with van der Waals surface area (Å²) in [6.07, 6.45) is 0.848. The van der Waals surface area contributed by atoms with Crippen LogP contribution in [0.4, 0.5) is 0 Å². The molecule has 5 heteroatoms. The third kappa shape index (κ3) is 2.08. The first-order chi connectivity index (χ1) is 7.61. The van der Waals surface area contributed by atoms with Crippen molar-refractivity contribution in [2.24, 2.45) is 0 Å². The minimum absolute atomic E-state index is 0.538. The van der Waals surface area contributed by atoms with Crippen LogP contribution in [0.15, 0.2) is 5.38 Å². The lowest BCUT2D eigenvalue weighted by atomic mass is 10.2. The predicted octanol–water partition coefficient (Wildman–Crippen LogP) is 3.43. The molecule has 0 unspecified atom stereocenters. The normalized spacial score (nSPS) is 10.8. The number of hydrogen-bond acceptors (Lipinski definition) is 4. The Balaban J connectivity index is 2.52. The van der Waals surface area contributed by atoms with Crippen molar-refractivity contribution in [1.29, 1.82) is 0 Å². The number of aryl methyl sites for hydroxylation is 2. The van der Waals surface area contributed by atoms with Crippen molar-refractivity contribution in [2.75, 3.05) is 0 Å². The van der Waals surface area contributed by atoms with Gasteiger partial charge in [-0.1, -0.05) is 18.5 Å². The van der Waals surface area contributed by atoms with Gasteiger partial charge in [0, 0.05) is 16.6 Å². The van der Waals surface area contributed by atoms with Crippen LogP contribution in [0.25, 0.3) is 11.5 Å². The van der Waals surface area contributed by atoms with Gasteiger partial charge in [0.2, 0.25) is 0 Å². The highest BCUT2D eigenvalue weighted by Crippen LogP contribution is 2.23. The van der Waals surface area contributed by atoms with Gasteiger partial charge >= 0.3 is 0 Å². The van der Waals surface area contributed by atoms with Crippen LogP contribution in [-0.4, -0.2) is 15.0 Å². The summed E-state index contributed by atoms with van der Waals surface area (Å²) in [6, 6.07) is 0. The lowest BCUT2D eigenvalue weighted by molar-refractivity contribution is 0.996. The van der Waals surface area contributed by atoms with E-state index in [4.69, 9.17) is 11.6 Å². The zero-order chi connectivity index (χ0) is 11.7. The molecule has 2 heterocycles. The van der Waals surface area contributed by atoms with E-state index in [0.29, 0.717) is 11.0 Å². The van der Waals surface area contributed by atoms with Crippen LogP contribution in [0.3, 0.4) is 0 Å². The molecule has 0 bridgehead atoms. The van der Waals surface area contributed by atoms with Gasteiger partial charge in [-0.3, -0.25) is 0 Å². The quantitative estimate of drug-likeness (QED) is 0.770. The summed E-state index contributed by atoms with van der Waals surface area (Å²) in [5.41, 5.74) is 2.75. The van der Waals surface area contributed by atoms with E-state index in [0.717, 1.165) is 28.4 Å². The molecule has 84 valence electrons. The SMILES string of the molecule is CCc1c(C)nc(-c2csc(C)n2)nc1Cl. The first-order valence-electron chi connectivity index (χ1n) is 5.07. The maximum absolute atomic E-state index is 6.12. The highest BCUT2D eigenvalue weighted by Gasteiger charge is 2.11. The second kappa shape index (κ2) is 4.47. The summed E-state index contributed by atoms with van der Waals surface area (Å²) in [6.45, 7) is 5.96. The molecular formula is C11H12ClN3S. The van der Waals surface area contributed by atoms with Gasteiger partial charge in [0.05, 0.1) is 5.01 Å². The van der Waals surface area contributed by atoms with Crippen LogP contribution in [0.2, 0.25) is 5.15 Å². The molecule has 0 aliphatic carbocycles. The second-order valence-corrected chi connectivity index (χ2v) is 4.93. The van der Waals surface area contributed by atoms with Crippen LogP contribution >= 0.6 is 22.9 Å². The fraction of sp³-hybridized carbons (Fsp3) is 0.364. The Hall–Kier alpha value is -1.00. The van der Waals surface area contributed by atoms with Gasteiger partial charge in [0.1, 0.15) is 10.8 Å². The predicted molar refractivity (Wildman–Crippen MR) is 67.0 cm³/mol.